The summed E-state index contributed by atoms with van der Waals surface area (Å²) in [6.07, 6.45) is 2.28. The second-order valence-electron chi connectivity index (χ2n) is 2.24. The SMILES string of the molecule is ON=[C]COCc1ccccc1. The fraction of sp³-hybridized carbons (Fsp3) is 0.222. The van der Waals surface area contributed by atoms with Gasteiger partial charge in [0.2, 0.25) is 0 Å². The molecule has 0 aromatic heterocycles. The van der Waals surface area contributed by atoms with E-state index in [-0.39, 0.29) is 6.61 Å². The van der Waals surface area contributed by atoms with Crippen LogP contribution in [0.1, 0.15) is 5.56 Å². The van der Waals surface area contributed by atoms with E-state index < -0.39 is 0 Å². The van der Waals surface area contributed by atoms with E-state index in [1.165, 1.54) is 0 Å². The molecule has 3 nitrogen and oxygen atoms in total. The van der Waals surface area contributed by atoms with Crippen LogP contribution in [0.2, 0.25) is 0 Å². The zero-order valence-electron chi connectivity index (χ0n) is 6.60. The van der Waals surface area contributed by atoms with Crippen molar-refractivity contribution in [2.45, 2.75) is 6.61 Å². The Hall–Kier alpha value is -1.35. The largest absolute Gasteiger partial charge is 0.411 e. The van der Waals surface area contributed by atoms with Crippen molar-refractivity contribution in [1.29, 1.82) is 0 Å². The number of hydrogen-bond donors (Lipinski definition) is 1. The maximum atomic E-state index is 8.00. The fourth-order valence-corrected chi connectivity index (χ4v) is 0.818. The van der Waals surface area contributed by atoms with Gasteiger partial charge in [-0.05, 0) is 5.56 Å². The minimum Gasteiger partial charge on any atom is -0.411 e. The number of hydrogen-bond acceptors (Lipinski definition) is 3. The van der Waals surface area contributed by atoms with Crippen molar-refractivity contribution in [1.82, 2.24) is 0 Å². The van der Waals surface area contributed by atoms with Gasteiger partial charge in [-0.3, -0.25) is 0 Å². The topological polar surface area (TPSA) is 41.8 Å². The first-order chi connectivity index (χ1) is 5.93. The van der Waals surface area contributed by atoms with Gasteiger partial charge in [-0.2, -0.15) is 0 Å². The molecule has 0 amide bonds. The lowest BCUT2D eigenvalue weighted by atomic mass is 10.2. The number of ether oxygens (including phenoxy) is 1. The molecule has 12 heavy (non-hydrogen) atoms. The fourth-order valence-electron chi connectivity index (χ4n) is 0.818. The van der Waals surface area contributed by atoms with Gasteiger partial charge in [0.1, 0.15) is 6.21 Å². The molecule has 0 unspecified atom stereocenters. The molecule has 3 heteroatoms. The molecule has 0 aliphatic heterocycles. The van der Waals surface area contributed by atoms with Crippen LogP contribution in [0.15, 0.2) is 35.5 Å². The maximum Gasteiger partial charge on any atom is 0.132 e. The van der Waals surface area contributed by atoms with Crippen molar-refractivity contribution in [2.75, 3.05) is 6.61 Å². The summed E-state index contributed by atoms with van der Waals surface area (Å²) in [5.41, 5.74) is 1.09. The molecule has 0 aliphatic rings. The van der Waals surface area contributed by atoms with Gasteiger partial charge in [-0.15, -0.1) is 0 Å². The van der Waals surface area contributed by atoms with Crippen molar-refractivity contribution in [3.8, 4) is 0 Å². The monoisotopic (exact) mass is 164 g/mol. The van der Waals surface area contributed by atoms with E-state index in [0.717, 1.165) is 5.56 Å². The second kappa shape index (κ2) is 5.32. The van der Waals surface area contributed by atoms with Crippen molar-refractivity contribution < 1.29 is 9.94 Å². The van der Waals surface area contributed by atoms with Gasteiger partial charge in [0.15, 0.2) is 0 Å². The Kier molecular flexibility index (Phi) is 3.88. The van der Waals surface area contributed by atoms with Crippen LogP contribution in [0.3, 0.4) is 0 Å². The van der Waals surface area contributed by atoms with Crippen LogP contribution in [0.5, 0.6) is 0 Å². The lowest BCUT2D eigenvalue weighted by molar-refractivity contribution is 0.158. The van der Waals surface area contributed by atoms with E-state index in [1.807, 2.05) is 30.3 Å². The van der Waals surface area contributed by atoms with Crippen molar-refractivity contribution >= 4 is 6.21 Å². The van der Waals surface area contributed by atoms with Gasteiger partial charge in [0.25, 0.3) is 0 Å². The summed E-state index contributed by atoms with van der Waals surface area (Å²) >= 11 is 0. The molecule has 0 heterocycles. The van der Waals surface area contributed by atoms with Crippen LogP contribution in [0.25, 0.3) is 0 Å². The Labute approximate surface area is 71.3 Å². The van der Waals surface area contributed by atoms with Gasteiger partial charge in [0, 0.05) is 0 Å². The minimum atomic E-state index is 0.214. The zero-order chi connectivity index (χ0) is 8.65. The summed E-state index contributed by atoms with van der Waals surface area (Å²) in [6, 6.07) is 9.78. The minimum absolute atomic E-state index is 0.214. The average Bonchev–Trinajstić information content (AvgIpc) is 2.14. The highest BCUT2D eigenvalue weighted by Crippen LogP contribution is 1.99. The van der Waals surface area contributed by atoms with Gasteiger partial charge in [-0.25, -0.2) is 0 Å². The van der Waals surface area contributed by atoms with Gasteiger partial charge in [0.05, 0.1) is 13.2 Å². The average molecular weight is 164 g/mol. The Morgan fingerprint density at radius 2 is 2.08 bits per heavy atom. The standard InChI is InChI=1S/C9H10NO2/c11-10-6-7-12-8-9-4-2-1-3-5-9/h1-5,11H,7-8H2. The molecule has 1 radical (unpaired) electrons. The highest BCUT2D eigenvalue weighted by Gasteiger charge is 1.89. The van der Waals surface area contributed by atoms with Crippen LogP contribution in [-0.2, 0) is 11.3 Å². The van der Waals surface area contributed by atoms with E-state index in [2.05, 4.69) is 11.4 Å². The third-order valence-electron chi connectivity index (χ3n) is 1.35. The molecule has 0 spiro atoms. The predicted octanol–water partition coefficient (Wildman–Crippen LogP) is 1.54. The van der Waals surface area contributed by atoms with Crippen LogP contribution in [0.4, 0.5) is 0 Å². The molecule has 0 saturated heterocycles. The Morgan fingerprint density at radius 1 is 1.33 bits per heavy atom. The van der Waals surface area contributed by atoms with Crippen LogP contribution >= 0.6 is 0 Å². The van der Waals surface area contributed by atoms with Crippen molar-refractivity contribution in [2.24, 2.45) is 5.16 Å². The summed E-state index contributed by atoms with van der Waals surface area (Å²) < 4.78 is 5.10. The third-order valence-corrected chi connectivity index (χ3v) is 1.35. The van der Waals surface area contributed by atoms with E-state index in [1.54, 1.807) is 0 Å². The Morgan fingerprint density at radius 3 is 2.75 bits per heavy atom. The second-order valence-corrected chi connectivity index (χ2v) is 2.24. The molecule has 1 aromatic carbocycles. The summed E-state index contributed by atoms with van der Waals surface area (Å²) in [4.78, 5) is 0. The van der Waals surface area contributed by atoms with E-state index >= 15 is 0 Å². The van der Waals surface area contributed by atoms with Gasteiger partial charge < -0.3 is 9.94 Å². The molecule has 1 rings (SSSR count). The predicted molar refractivity (Wildman–Crippen MR) is 45.3 cm³/mol. The number of rotatable bonds is 4. The molecule has 63 valence electrons. The number of nitrogens with zero attached hydrogens (tertiary/aromatic N) is 1. The summed E-state index contributed by atoms with van der Waals surface area (Å²) in [7, 11) is 0. The quantitative estimate of drug-likeness (QED) is 0.317. The maximum absolute atomic E-state index is 8.00. The first kappa shape index (κ1) is 8.74. The number of benzene rings is 1. The first-order valence-electron chi connectivity index (χ1n) is 3.62. The lowest BCUT2D eigenvalue weighted by Crippen LogP contribution is -1.95. The van der Waals surface area contributed by atoms with Crippen molar-refractivity contribution in [3.05, 3.63) is 35.9 Å². The normalized spacial score (nSPS) is 10.7. The molecule has 0 aliphatic carbocycles. The van der Waals surface area contributed by atoms with Crippen molar-refractivity contribution in [3.63, 3.8) is 0 Å². The highest BCUT2D eigenvalue weighted by molar-refractivity contribution is 5.57. The van der Waals surface area contributed by atoms with Gasteiger partial charge >= 0.3 is 0 Å². The van der Waals surface area contributed by atoms with E-state index in [9.17, 15) is 0 Å². The molecule has 0 atom stereocenters. The van der Waals surface area contributed by atoms with E-state index in [0.29, 0.717) is 6.61 Å². The Balaban J connectivity index is 2.24. The molecular formula is C9H10NO2. The van der Waals surface area contributed by atoms with Crippen LogP contribution in [0, 0.1) is 0 Å². The summed E-state index contributed by atoms with van der Waals surface area (Å²) in [5, 5.41) is 10.7. The molecule has 1 aromatic rings. The highest BCUT2D eigenvalue weighted by atomic mass is 16.5. The molecule has 1 N–H and O–H groups in total. The summed E-state index contributed by atoms with van der Waals surface area (Å²) in [5.74, 6) is 0. The third kappa shape index (κ3) is 3.16. The lowest BCUT2D eigenvalue weighted by Gasteiger charge is -1.98. The molecule has 0 fully saturated rings. The summed E-state index contributed by atoms with van der Waals surface area (Å²) in [6.45, 7) is 0.731. The van der Waals surface area contributed by atoms with Crippen LogP contribution < -0.4 is 0 Å². The first-order valence-corrected chi connectivity index (χ1v) is 3.62. The van der Waals surface area contributed by atoms with Gasteiger partial charge in [-0.1, -0.05) is 35.5 Å². The molecule has 0 bridgehead atoms. The zero-order valence-corrected chi connectivity index (χ0v) is 6.60. The smallest absolute Gasteiger partial charge is 0.132 e. The molecular weight excluding hydrogens is 154 g/mol. The van der Waals surface area contributed by atoms with E-state index in [4.69, 9.17) is 9.94 Å². The molecule has 0 saturated carbocycles. The van der Waals surface area contributed by atoms with Crippen LogP contribution in [-0.4, -0.2) is 18.0 Å². The Bertz CT molecular complexity index is 234.